The molecule has 3 aromatic rings. The zero-order valence-corrected chi connectivity index (χ0v) is 28.1. The molecular formula is C34H24F6N10O4. The van der Waals surface area contributed by atoms with Gasteiger partial charge in [0.15, 0.2) is 34.7 Å². The second-order valence-corrected chi connectivity index (χ2v) is 11.6. The Morgan fingerprint density at radius 3 is 1.43 bits per heavy atom. The van der Waals surface area contributed by atoms with Gasteiger partial charge in [0.1, 0.15) is 0 Å². The van der Waals surface area contributed by atoms with Crippen molar-refractivity contribution < 1.29 is 26.3 Å². The Hall–Kier alpha value is -6.86. The van der Waals surface area contributed by atoms with Crippen LogP contribution >= 0.6 is 0 Å². The van der Waals surface area contributed by atoms with Gasteiger partial charge in [-0.15, -0.1) is 0 Å². The molecule has 0 amide bonds. The maximum absolute atomic E-state index is 12.9. The van der Waals surface area contributed by atoms with Crippen LogP contribution in [0.15, 0.2) is 98.0 Å². The lowest BCUT2D eigenvalue weighted by Gasteiger charge is -2.15. The number of halogens is 6. The van der Waals surface area contributed by atoms with Crippen molar-refractivity contribution in [1.82, 2.24) is 48.6 Å². The molecule has 7 rings (SSSR count). The van der Waals surface area contributed by atoms with Crippen molar-refractivity contribution in [2.45, 2.75) is 18.9 Å². The summed E-state index contributed by atoms with van der Waals surface area (Å²) < 4.78 is 80.6. The Morgan fingerprint density at radius 2 is 0.963 bits per heavy atom. The third kappa shape index (κ3) is 7.38. The van der Waals surface area contributed by atoms with Crippen molar-refractivity contribution in [1.29, 1.82) is 0 Å². The van der Waals surface area contributed by atoms with Crippen LogP contribution in [0.4, 0.5) is 26.3 Å². The number of alkyl halides is 6. The third-order valence-corrected chi connectivity index (χ3v) is 7.98. The van der Waals surface area contributed by atoms with Crippen molar-refractivity contribution in [3.63, 3.8) is 0 Å². The summed E-state index contributed by atoms with van der Waals surface area (Å²) in [5.74, 6) is 0.0994. The van der Waals surface area contributed by atoms with Crippen LogP contribution in [0.3, 0.4) is 0 Å². The van der Waals surface area contributed by atoms with E-state index in [-0.39, 0.29) is 41.2 Å². The zero-order chi connectivity index (χ0) is 39.1. The Bertz CT molecular complexity index is 2670. The minimum Gasteiger partial charge on any atom is -0.267 e. The minimum atomic E-state index is -4.47. The molecule has 14 nitrogen and oxygen atoms in total. The summed E-state index contributed by atoms with van der Waals surface area (Å²) in [6.07, 6.45) is -8.92. The molecule has 4 aliphatic heterocycles. The average molecular weight is 751 g/mol. The molecule has 0 spiro atoms. The Labute approximate surface area is 298 Å². The van der Waals surface area contributed by atoms with Crippen molar-refractivity contribution in [3.8, 4) is 45.8 Å². The highest BCUT2D eigenvalue weighted by atomic mass is 19.4. The van der Waals surface area contributed by atoms with E-state index in [1.165, 1.54) is 54.8 Å². The Balaban J connectivity index is 0.000000189. The number of nitrogens with zero attached hydrogens (tertiary/aromatic N) is 10. The first-order valence-electron chi connectivity index (χ1n) is 15.5. The number of benzene rings is 3. The minimum absolute atomic E-state index is 0.00115. The van der Waals surface area contributed by atoms with Gasteiger partial charge in [-0.05, 0) is 29.8 Å². The van der Waals surface area contributed by atoms with Crippen LogP contribution in [0.1, 0.15) is 16.7 Å². The van der Waals surface area contributed by atoms with Gasteiger partial charge in [-0.1, -0.05) is 54.6 Å². The summed E-state index contributed by atoms with van der Waals surface area (Å²) >= 11 is 0. The summed E-state index contributed by atoms with van der Waals surface area (Å²) in [5.41, 5.74) is -3.19. The largest absolute Gasteiger partial charge is 0.416 e. The van der Waals surface area contributed by atoms with Gasteiger partial charge in [0.05, 0.1) is 17.7 Å². The molecule has 4 heterocycles. The highest BCUT2D eigenvalue weighted by molar-refractivity contribution is 5.61. The average Bonchev–Trinajstić information content (AvgIpc) is 3.14. The van der Waals surface area contributed by atoms with Crippen molar-refractivity contribution in [2.75, 3.05) is 0 Å². The standard InChI is InChI=1S/C20H14F3N5O2.C14H10F3N5O2/c1-27-18(29)15-17(25-19(27)30)28(11-12-5-3-2-4-6-12)26-16(24-15)13-7-9-14(10-8-13)20(21,22)23;1-21-12(23)9-11(19-13(21)24)22(2)20-10(18-9)7-3-5-8(6-4-7)14(15,16)17/h2-10H,11H2,1H3;3-6H,1-2H3. The lowest BCUT2D eigenvalue weighted by Crippen LogP contribution is -2.37. The van der Waals surface area contributed by atoms with E-state index in [1.54, 1.807) is 0 Å². The van der Waals surface area contributed by atoms with Gasteiger partial charge in [-0.3, -0.25) is 18.7 Å². The number of hydrogen-bond donors (Lipinski definition) is 0. The van der Waals surface area contributed by atoms with E-state index in [0.717, 1.165) is 39.0 Å². The van der Waals surface area contributed by atoms with Crippen molar-refractivity contribution >= 4 is 0 Å². The van der Waals surface area contributed by atoms with E-state index in [9.17, 15) is 45.5 Å². The maximum Gasteiger partial charge on any atom is 0.416 e. The lowest BCUT2D eigenvalue weighted by atomic mass is 10.1. The summed E-state index contributed by atoms with van der Waals surface area (Å²) in [6.45, 7) is 0.188. The van der Waals surface area contributed by atoms with Gasteiger partial charge in [0.25, 0.3) is 11.1 Å². The molecular weight excluding hydrogens is 726 g/mol. The summed E-state index contributed by atoms with van der Waals surface area (Å²) in [5, 5.41) is 8.40. The molecule has 0 N–H and O–H groups in total. The van der Waals surface area contributed by atoms with Gasteiger partial charge >= 0.3 is 23.7 Å². The maximum atomic E-state index is 12.9. The highest BCUT2D eigenvalue weighted by Gasteiger charge is 2.31. The summed E-state index contributed by atoms with van der Waals surface area (Å²) in [7, 11) is 4.00. The molecule has 276 valence electrons. The van der Waals surface area contributed by atoms with Crippen LogP contribution in [-0.4, -0.2) is 48.6 Å². The van der Waals surface area contributed by atoms with Gasteiger partial charge in [-0.25, -0.2) is 28.9 Å². The predicted molar refractivity (Wildman–Crippen MR) is 179 cm³/mol. The van der Waals surface area contributed by atoms with Crippen molar-refractivity contribution in [2.24, 2.45) is 21.1 Å². The van der Waals surface area contributed by atoms with Crippen LogP contribution in [0.25, 0.3) is 45.8 Å². The van der Waals surface area contributed by atoms with E-state index in [0.29, 0.717) is 11.1 Å². The molecule has 0 aliphatic carbocycles. The van der Waals surface area contributed by atoms with E-state index < -0.39 is 46.0 Å². The third-order valence-electron chi connectivity index (χ3n) is 7.98. The first-order valence-corrected chi connectivity index (χ1v) is 15.5. The molecule has 4 aliphatic rings. The van der Waals surface area contributed by atoms with E-state index >= 15 is 0 Å². The fourth-order valence-electron chi connectivity index (χ4n) is 5.06. The second kappa shape index (κ2) is 13.9. The SMILES string of the molecule is Cn1c(=O)nc2n(Cc3ccccc3)nc(-c3ccc(C(F)(F)F)cc3)nc-2c1=O.Cn1nc(-c2ccc(C(F)(F)F)cc2)nc2c(=O)n(C)c(=O)nc1-2. The molecule has 54 heavy (non-hydrogen) atoms. The monoisotopic (exact) mass is 750 g/mol. The van der Waals surface area contributed by atoms with Gasteiger partial charge in [-0.2, -0.15) is 46.5 Å². The molecule has 0 saturated carbocycles. The van der Waals surface area contributed by atoms with E-state index in [4.69, 9.17) is 0 Å². The summed E-state index contributed by atoms with van der Waals surface area (Å²) in [4.78, 5) is 64.2. The number of aryl methyl sites for hydroxylation is 1. The molecule has 0 unspecified atom stereocenters. The number of aromatic nitrogens is 10. The molecule has 0 fully saturated rings. The van der Waals surface area contributed by atoms with Crippen LogP contribution < -0.4 is 22.5 Å². The normalized spacial score (nSPS) is 11.8. The molecule has 0 aromatic heterocycles. The Kier molecular flexibility index (Phi) is 9.53. The first-order chi connectivity index (χ1) is 25.4. The van der Waals surface area contributed by atoms with Gasteiger partial charge < -0.3 is 0 Å². The molecule has 0 bridgehead atoms. The number of rotatable bonds is 4. The van der Waals surface area contributed by atoms with Crippen molar-refractivity contribution in [3.05, 3.63) is 137 Å². The molecule has 0 atom stereocenters. The fraction of sp³-hybridized carbons (Fsp3) is 0.176. The van der Waals surface area contributed by atoms with Crippen LogP contribution in [-0.2, 0) is 40.0 Å². The zero-order valence-electron chi connectivity index (χ0n) is 28.1. The number of fused-ring (bicyclic) bond motifs is 2. The van der Waals surface area contributed by atoms with E-state index in [2.05, 4.69) is 30.1 Å². The van der Waals surface area contributed by atoms with Gasteiger partial charge in [0, 0.05) is 32.3 Å². The lowest BCUT2D eigenvalue weighted by molar-refractivity contribution is -0.138. The summed E-state index contributed by atoms with van der Waals surface area (Å²) in [6, 6.07) is 17.7. The Morgan fingerprint density at radius 1 is 0.537 bits per heavy atom. The van der Waals surface area contributed by atoms with Gasteiger partial charge in [0.2, 0.25) is 0 Å². The van der Waals surface area contributed by atoms with Crippen LogP contribution in [0.2, 0.25) is 0 Å². The van der Waals surface area contributed by atoms with E-state index in [1.807, 2.05) is 30.3 Å². The molecule has 0 radical (unpaired) electrons. The second-order valence-electron chi connectivity index (χ2n) is 11.6. The number of hydrogen-bond acceptors (Lipinski definition) is 10. The highest BCUT2D eigenvalue weighted by Crippen LogP contribution is 2.32. The first kappa shape index (κ1) is 36.9. The molecule has 20 heteroatoms. The van der Waals surface area contributed by atoms with Crippen LogP contribution in [0, 0.1) is 0 Å². The molecule has 3 aromatic carbocycles. The topological polar surface area (TPSA) is 165 Å². The quantitative estimate of drug-likeness (QED) is 0.243. The fourth-order valence-corrected chi connectivity index (χ4v) is 5.06. The predicted octanol–water partition coefficient (Wildman–Crippen LogP) is 3.63. The molecule has 0 saturated heterocycles. The van der Waals surface area contributed by atoms with Crippen LogP contribution in [0.5, 0.6) is 0 Å². The smallest absolute Gasteiger partial charge is 0.267 e.